The maximum atomic E-state index is 12.3. The second-order valence-corrected chi connectivity index (χ2v) is 7.98. The molecular weight excluding hydrogens is 350 g/mol. The van der Waals surface area contributed by atoms with Gasteiger partial charge in [-0.3, -0.25) is 4.79 Å². The predicted octanol–water partition coefficient (Wildman–Crippen LogP) is 1.19. The van der Waals surface area contributed by atoms with Crippen LogP contribution in [0.5, 0.6) is 0 Å². The van der Waals surface area contributed by atoms with Crippen molar-refractivity contribution in [1.82, 2.24) is 9.88 Å². The molecule has 0 aliphatic carbocycles. The van der Waals surface area contributed by atoms with Gasteiger partial charge in [0.15, 0.2) is 9.84 Å². The Labute approximate surface area is 153 Å². The van der Waals surface area contributed by atoms with Gasteiger partial charge >= 0.3 is 0 Å². The molecule has 1 fully saturated rings. The van der Waals surface area contributed by atoms with E-state index in [1.165, 1.54) is 6.26 Å². The van der Waals surface area contributed by atoms with Crippen molar-refractivity contribution in [3.8, 4) is 11.8 Å². The van der Waals surface area contributed by atoms with Gasteiger partial charge in [-0.25, -0.2) is 13.4 Å². The number of sulfone groups is 1. The van der Waals surface area contributed by atoms with E-state index in [2.05, 4.69) is 16.8 Å². The Balaban J connectivity index is 1.67. The van der Waals surface area contributed by atoms with E-state index in [1.54, 1.807) is 23.2 Å². The van der Waals surface area contributed by atoms with Crippen LogP contribution in [-0.4, -0.2) is 56.6 Å². The van der Waals surface area contributed by atoms with E-state index in [9.17, 15) is 13.2 Å². The first-order chi connectivity index (χ1) is 12.4. The van der Waals surface area contributed by atoms with Crippen LogP contribution in [0, 0.1) is 11.8 Å². The fraction of sp³-hybridized carbons (Fsp3) is 0.263. The lowest BCUT2D eigenvalue weighted by Gasteiger charge is -2.35. The fourth-order valence-electron chi connectivity index (χ4n) is 2.76. The lowest BCUT2D eigenvalue weighted by molar-refractivity contribution is -0.125. The van der Waals surface area contributed by atoms with E-state index in [1.807, 2.05) is 35.2 Å². The highest BCUT2D eigenvalue weighted by Crippen LogP contribution is 2.23. The van der Waals surface area contributed by atoms with Gasteiger partial charge in [-0.15, -0.1) is 0 Å². The number of carbonyl (C=O) groups is 1. The van der Waals surface area contributed by atoms with Gasteiger partial charge in [-0.2, -0.15) is 0 Å². The average Bonchev–Trinajstić information content (AvgIpc) is 2.66. The zero-order valence-corrected chi connectivity index (χ0v) is 15.2. The number of amides is 1. The third kappa shape index (κ3) is 4.21. The second-order valence-electron chi connectivity index (χ2n) is 5.99. The molecule has 3 rings (SSSR count). The molecule has 7 heteroatoms. The highest BCUT2D eigenvalue weighted by Gasteiger charge is 2.25. The summed E-state index contributed by atoms with van der Waals surface area (Å²) in [7, 11) is -3.36. The normalized spacial score (nSPS) is 14.5. The van der Waals surface area contributed by atoms with Crippen LogP contribution in [0.3, 0.4) is 0 Å². The summed E-state index contributed by atoms with van der Waals surface area (Å²) in [5.41, 5.74) is 0.797. The molecule has 2 aromatic rings. The average molecular weight is 369 g/mol. The molecule has 1 aliphatic rings. The Morgan fingerprint density at radius 3 is 2.38 bits per heavy atom. The smallest absolute Gasteiger partial charge is 0.298 e. The number of pyridine rings is 1. The van der Waals surface area contributed by atoms with Crippen molar-refractivity contribution in [3.63, 3.8) is 0 Å². The lowest BCUT2D eigenvalue weighted by Crippen LogP contribution is -2.49. The zero-order chi connectivity index (χ0) is 18.6. The third-order valence-corrected chi connectivity index (χ3v) is 5.22. The summed E-state index contributed by atoms with van der Waals surface area (Å²) in [5, 5.41) is 0. The topological polar surface area (TPSA) is 70.6 Å². The molecule has 134 valence electrons. The Bertz CT molecular complexity index is 954. The van der Waals surface area contributed by atoms with Gasteiger partial charge in [0.1, 0.15) is 10.7 Å². The first-order valence-electron chi connectivity index (χ1n) is 8.21. The largest absolute Gasteiger partial charge is 0.352 e. The van der Waals surface area contributed by atoms with E-state index >= 15 is 0 Å². The van der Waals surface area contributed by atoms with Crippen LogP contribution in [0.4, 0.5) is 5.82 Å². The molecule has 0 bridgehead atoms. The monoisotopic (exact) mass is 369 g/mol. The molecule has 6 nitrogen and oxygen atoms in total. The van der Waals surface area contributed by atoms with Crippen molar-refractivity contribution in [2.45, 2.75) is 4.90 Å². The summed E-state index contributed by atoms with van der Waals surface area (Å²) in [4.78, 5) is 20.3. The van der Waals surface area contributed by atoms with Crippen LogP contribution >= 0.6 is 0 Å². The molecule has 0 unspecified atom stereocenters. The van der Waals surface area contributed by atoms with Crippen LogP contribution in [0.1, 0.15) is 5.56 Å². The minimum Gasteiger partial charge on any atom is -0.352 e. The van der Waals surface area contributed by atoms with Crippen molar-refractivity contribution < 1.29 is 13.2 Å². The summed E-state index contributed by atoms with van der Waals surface area (Å²) >= 11 is 0. The number of benzene rings is 1. The molecule has 0 spiro atoms. The molecule has 1 aliphatic heterocycles. The van der Waals surface area contributed by atoms with Crippen LogP contribution in [0.25, 0.3) is 0 Å². The molecule has 1 amide bonds. The quantitative estimate of drug-likeness (QED) is 0.744. The van der Waals surface area contributed by atoms with Gasteiger partial charge in [0, 0.05) is 50.1 Å². The van der Waals surface area contributed by atoms with Crippen LogP contribution in [0.15, 0.2) is 53.6 Å². The third-order valence-electron chi connectivity index (χ3n) is 4.10. The highest BCUT2D eigenvalue weighted by molar-refractivity contribution is 7.90. The van der Waals surface area contributed by atoms with E-state index in [0.717, 1.165) is 5.56 Å². The van der Waals surface area contributed by atoms with Gasteiger partial charge in [0.25, 0.3) is 5.91 Å². The van der Waals surface area contributed by atoms with E-state index in [4.69, 9.17) is 0 Å². The number of anilines is 1. The Morgan fingerprint density at radius 1 is 1.04 bits per heavy atom. The number of rotatable bonds is 2. The molecule has 2 heterocycles. The number of nitrogens with zero attached hydrogens (tertiary/aromatic N) is 3. The first-order valence-corrected chi connectivity index (χ1v) is 10.1. The summed E-state index contributed by atoms with van der Waals surface area (Å²) in [6, 6.07) is 12.5. The molecule has 0 atom stereocenters. The van der Waals surface area contributed by atoms with Crippen molar-refractivity contribution in [2.24, 2.45) is 0 Å². The first kappa shape index (κ1) is 18.0. The molecule has 26 heavy (non-hydrogen) atoms. The van der Waals surface area contributed by atoms with Gasteiger partial charge in [-0.1, -0.05) is 24.1 Å². The Morgan fingerprint density at radius 2 is 1.73 bits per heavy atom. The molecule has 1 aromatic carbocycles. The van der Waals surface area contributed by atoms with Gasteiger partial charge < -0.3 is 9.80 Å². The molecule has 0 saturated carbocycles. The minimum absolute atomic E-state index is 0.212. The predicted molar refractivity (Wildman–Crippen MR) is 99.5 cm³/mol. The zero-order valence-electron chi connectivity index (χ0n) is 14.4. The van der Waals surface area contributed by atoms with E-state index in [-0.39, 0.29) is 10.8 Å². The second kappa shape index (κ2) is 7.58. The number of aromatic nitrogens is 1. The fourth-order valence-corrected chi connectivity index (χ4v) is 3.60. The number of hydrogen-bond donors (Lipinski definition) is 0. The highest BCUT2D eigenvalue weighted by atomic mass is 32.2. The van der Waals surface area contributed by atoms with Gasteiger partial charge in [0.05, 0.1) is 0 Å². The van der Waals surface area contributed by atoms with E-state index < -0.39 is 9.84 Å². The maximum absolute atomic E-state index is 12.3. The summed E-state index contributed by atoms with van der Waals surface area (Å²) in [6.45, 7) is 1.97. The van der Waals surface area contributed by atoms with Crippen LogP contribution in [-0.2, 0) is 14.6 Å². The molecule has 0 N–H and O–H groups in total. The van der Waals surface area contributed by atoms with E-state index in [0.29, 0.717) is 32.0 Å². The number of carbonyl (C=O) groups excluding carboxylic acids is 1. The lowest BCUT2D eigenvalue weighted by atomic mass is 10.2. The molecular formula is C19H19N3O3S. The van der Waals surface area contributed by atoms with Crippen molar-refractivity contribution >= 4 is 21.6 Å². The number of piperazine rings is 1. The summed E-state index contributed by atoms with van der Waals surface area (Å²) < 4.78 is 23.9. The Kier molecular flexibility index (Phi) is 5.24. The standard InChI is InChI=1S/C19H19N3O3S/c1-26(24,25)17-8-5-11-20-19(17)22-14-12-21(13-15-22)18(23)10-9-16-6-3-2-4-7-16/h2-8,11H,12-15H2,1H3. The van der Waals surface area contributed by atoms with Crippen LogP contribution in [0.2, 0.25) is 0 Å². The van der Waals surface area contributed by atoms with Crippen molar-refractivity contribution in [2.75, 3.05) is 37.3 Å². The molecule has 1 saturated heterocycles. The molecule has 0 radical (unpaired) electrons. The number of hydrogen-bond acceptors (Lipinski definition) is 5. The van der Waals surface area contributed by atoms with Gasteiger partial charge in [-0.05, 0) is 24.3 Å². The van der Waals surface area contributed by atoms with Gasteiger partial charge in [0.2, 0.25) is 0 Å². The molecule has 1 aromatic heterocycles. The van der Waals surface area contributed by atoms with Crippen molar-refractivity contribution in [1.29, 1.82) is 0 Å². The SMILES string of the molecule is CS(=O)(=O)c1cccnc1N1CCN(C(=O)C#Cc2ccccc2)CC1. The summed E-state index contributed by atoms with van der Waals surface area (Å²) in [5.74, 6) is 5.75. The van der Waals surface area contributed by atoms with Crippen LogP contribution < -0.4 is 4.90 Å². The minimum atomic E-state index is -3.36. The van der Waals surface area contributed by atoms with Crippen molar-refractivity contribution in [3.05, 3.63) is 54.2 Å². The maximum Gasteiger partial charge on any atom is 0.298 e. The Hall–Kier alpha value is -2.85. The summed E-state index contributed by atoms with van der Waals surface area (Å²) in [6.07, 6.45) is 2.75.